The van der Waals surface area contributed by atoms with E-state index in [1.54, 1.807) is 0 Å². The molecule has 0 amide bonds. The summed E-state index contributed by atoms with van der Waals surface area (Å²) >= 11 is 0. The molecule has 0 aromatic carbocycles. The number of nitrogens with one attached hydrogen (secondary N) is 1. The molecule has 2 aliphatic carbocycles. The normalized spacial score (nSPS) is 35.2. The SMILES string of the molecule is NNC1CCC2CC=CC=C21. The van der Waals surface area contributed by atoms with E-state index in [0.717, 1.165) is 5.92 Å². The third kappa shape index (κ3) is 1.12. The minimum absolute atomic E-state index is 0.449. The number of rotatable bonds is 1. The summed E-state index contributed by atoms with van der Waals surface area (Å²) in [6, 6.07) is 0.449. The highest BCUT2D eigenvalue weighted by Crippen LogP contribution is 2.35. The van der Waals surface area contributed by atoms with Crippen molar-refractivity contribution in [2.45, 2.75) is 25.3 Å². The molecule has 0 radical (unpaired) electrons. The summed E-state index contributed by atoms with van der Waals surface area (Å²) in [4.78, 5) is 0. The number of hydrazine groups is 1. The molecular formula is C9H14N2. The fourth-order valence-corrected chi connectivity index (χ4v) is 2.09. The minimum atomic E-state index is 0.449. The average Bonchev–Trinajstić information content (AvgIpc) is 2.47. The van der Waals surface area contributed by atoms with Gasteiger partial charge in [0.05, 0.1) is 0 Å². The van der Waals surface area contributed by atoms with E-state index >= 15 is 0 Å². The molecule has 0 aromatic rings. The molecule has 0 bridgehead atoms. The van der Waals surface area contributed by atoms with E-state index in [1.165, 1.54) is 24.8 Å². The maximum Gasteiger partial charge on any atom is 0.0425 e. The van der Waals surface area contributed by atoms with Gasteiger partial charge in [0.25, 0.3) is 0 Å². The summed E-state index contributed by atoms with van der Waals surface area (Å²) in [6.45, 7) is 0. The first-order chi connectivity index (χ1) is 5.42. The van der Waals surface area contributed by atoms with Crippen LogP contribution in [0.3, 0.4) is 0 Å². The Balaban J connectivity index is 2.19. The molecule has 0 heterocycles. The van der Waals surface area contributed by atoms with Gasteiger partial charge in [-0.3, -0.25) is 11.3 Å². The van der Waals surface area contributed by atoms with Crippen molar-refractivity contribution >= 4 is 0 Å². The quantitative estimate of drug-likeness (QED) is 0.434. The topological polar surface area (TPSA) is 38.0 Å². The van der Waals surface area contributed by atoms with Gasteiger partial charge >= 0.3 is 0 Å². The van der Waals surface area contributed by atoms with E-state index in [4.69, 9.17) is 5.84 Å². The monoisotopic (exact) mass is 150 g/mol. The van der Waals surface area contributed by atoms with Crippen LogP contribution in [-0.2, 0) is 0 Å². The van der Waals surface area contributed by atoms with Crippen LogP contribution in [0.15, 0.2) is 23.8 Å². The molecule has 11 heavy (non-hydrogen) atoms. The zero-order valence-electron chi connectivity index (χ0n) is 6.59. The van der Waals surface area contributed by atoms with Crippen molar-refractivity contribution in [2.75, 3.05) is 0 Å². The molecule has 1 saturated carbocycles. The van der Waals surface area contributed by atoms with Crippen molar-refractivity contribution in [3.63, 3.8) is 0 Å². The fourth-order valence-electron chi connectivity index (χ4n) is 2.09. The van der Waals surface area contributed by atoms with Crippen molar-refractivity contribution in [3.8, 4) is 0 Å². The third-order valence-electron chi connectivity index (χ3n) is 2.72. The molecule has 2 nitrogen and oxygen atoms in total. The molecule has 0 spiro atoms. The van der Waals surface area contributed by atoms with Gasteiger partial charge in [-0.1, -0.05) is 18.2 Å². The lowest BCUT2D eigenvalue weighted by atomic mass is 9.93. The van der Waals surface area contributed by atoms with E-state index in [-0.39, 0.29) is 0 Å². The maximum absolute atomic E-state index is 5.43. The van der Waals surface area contributed by atoms with Gasteiger partial charge in [-0.25, -0.2) is 0 Å². The van der Waals surface area contributed by atoms with Crippen LogP contribution in [0.5, 0.6) is 0 Å². The Labute approximate surface area is 67.1 Å². The van der Waals surface area contributed by atoms with Gasteiger partial charge in [-0.15, -0.1) is 0 Å². The molecule has 2 unspecified atom stereocenters. The first kappa shape index (κ1) is 7.07. The minimum Gasteiger partial charge on any atom is -0.271 e. The Hall–Kier alpha value is -0.600. The molecule has 2 heteroatoms. The van der Waals surface area contributed by atoms with Crippen LogP contribution in [0.2, 0.25) is 0 Å². The lowest BCUT2D eigenvalue weighted by Gasteiger charge is -2.16. The lowest BCUT2D eigenvalue weighted by molar-refractivity contribution is 0.603. The zero-order chi connectivity index (χ0) is 7.68. The second-order valence-electron chi connectivity index (χ2n) is 3.32. The molecule has 60 valence electrons. The number of fused-ring (bicyclic) bond motifs is 1. The third-order valence-corrected chi connectivity index (χ3v) is 2.72. The van der Waals surface area contributed by atoms with Gasteiger partial charge in [-0.2, -0.15) is 0 Å². The van der Waals surface area contributed by atoms with Crippen LogP contribution in [0.25, 0.3) is 0 Å². The Morgan fingerprint density at radius 1 is 1.45 bits per heavy atom. The largest absolute Gasteiger partial charge is 0.271 e. The van der Waals surface area contributed by atoms with Gasteiger partial charge < -0.3 is 0 Å². The van der Waals surface area contributed by atoms with Crippen LogP contribution >= 0.6 is 0 Å². The average molecular weight is 150 g/mol. The summed E-state index contributed by atoms with van der Waals surface area (Å²) in [5.41, 5.74) is 4.37. The van der Waals surface area contributed by atoms with E-state index < -0.39 is 0 Å². The Morgan fingerprint density at radius 2 is 2.36 bits per heavy atom. The molecule has 0 aromatic heterocycles. The smallest absolute Gasteiger partial charge is 0.0425 e. The number of hydrogen-bond donors (Lipinski definition) is 2. The fraction of sp³-hybridized carbons (Fsp3) is 0.556. The second-order valence-corrected chi connectivity index (χ2v) is 3.32. The number of nitrogens with two attached hydrogens (primary N) is 1. The highest BCUT2D eigenvalue weighted by molar-refractivity contribution is 5.28. The molecule has 2 atom stereocenters. The predicted octanol–water partition coefficient (Wildman–Crippen LogP) is 1.11. The van der Waals surface area contributed by atoms with Crippen LogP contribution in [0.1, 0.15) is 19.3 Å². The molecule has 0 aliphatic heterocycles. The summed E-state index contributed by atoms with van der Waals surface area (Å²) in [5, 5.41) is 0. The molecule has 2 aliphatic rings. The summed E-state index contributed by atoms with van der Waals surface area (Å²) < 4.78 is 0. The first-order valence-electron chi connectivity index (χ1n) is 4.24. The first-order valence-corrected chi connectivity index (χ1v) is 4.24. The van der Waals surface area contributed by atoms with E-state index in [1.807, 2.05) is 0 Å². The molecule has 3 N–H and O–H groups in total. The van der Waals surface area contributed by atoms with Gasteiger partial charge in [-0.05, 0) is 30.8 Å². The maximum atomic E-state index is 5.43. The number of allylic oxidation sites excluding steroid dienone is 3. The van der Waals surface area contributed by atoms with E-state index in [9.17, 15) is 0 Å². The molecule has 0 saturated heterocycles. The Morgan fingerprint density at radius 3 is 3.18 bits per heavy atom. The van der Waals surface area contributed by atoms with Gasteiger partial charge in [0, 0.05) is 6.04 Å². The van der Waals surface area contributed by atoms with Crippen molar-refractivity contribution in [2.24, 2.45) is 11.8 Å². The van der Waals surface area contributed by atoms with Crippen molar-refractivity contribution in [1.29, 1.82) is 0 Å². The Kier molecular flexibility index (Phi) is 1.80. The number of hydrogen-bond acceptors (Lipinski definition) is 2. The predicted molar refractivity (Wildman–Crippen MR) is 45.7 cm³/mol. The van der Waals surface area contributed by atoms with Crippen molar-refractivity contribution in [3.05, 3.63) is 23.8 Å². The van der Waals surface area contributed by atoms with E-state index in [0.29, 0.717) is 6.04 Å². The van der Waals surface area contributed by atoms with Gasteiger partial charge in [0.15, 0.2) is 0 Å². The second kappa shape index (κ2) is 2.80. The summed E-state index contributed by atoms with van der Waals surface area (Å²) in [6.07, 6.45) is 10.3. The van der Waals surface area contributed by atoms with Gasteiger partial charge in [0.2, 0.25) is 0 Å². The van der Waals surface area contributed by atoms with E-state index in [2.05, 4.69) is 23.7 Å². The molecule has 1 fully saturated rings. The highest BCUT2D eigenvalue weighted by Gasteiger charge is 2.28. The lowest BCUT2D eigenvalue weighted by Crippen LogP contribution is -2.34. The van der Waals surface area contributed by atoms with Crippen LogP contribution in [0, 0.1) is 5.92 Å². The van der Waals surface area contributed by atoms with Crippen LogP contribution in [-0.4, -0.2) is 6.04 Å². The van der Waals surface area contributed by atoms with Gasteiger partial charge in [0.1, 0.15) is 0 Å². The standard InChI is InChI=1S/C9H14N2/c10-11-9-6-5-7-3-1-2-4-8(7)9/h1-2,4,7,9,11H,3,5-6,10H2. The molecule has 2 rings (SSSR count). The van der Waals surface area contributed by atoms with Crippen molar-refractivity contribution < 1.29 is 0 Å². The van der Waals surface area contributed by atoms with Crippen LogP contribution < -0.4 is 11.3 Å². The zero-order valence-corrected chi connectivity index (χ0v) is 6.59. The van der Waals surface area contributed by atoms with Crippen LogP contribution in [0.4, 0.5) is 0 Å². The summed E-state index contributed by atoms with van der Waals surface area (Å²) in [7, 11) is 0. The molecular weight excluding hydrogens is 136 g/mol. The van der Waals surface area contributed by atoms with Crippen molar-refractivity contribution in [1.82, 2.24) is 5.43 Å². The Bertz CT molecular complexity index is 206. The highest BCUT2D eigenvalue weighted by atomic mass is 15.2. The summed E-state index contributed by atoms with van der Waals surface area (Å²) in [5.74, 6) is 6.20.